The smallest absolute Gasteiger partial charge is 0.261 e. The molecule has 1 amide bonds. The van der Waals surface area contributed by atoms with Gasteiger partial charge in [0.05, 0.1) is 36.1 Å². The average Bonchev–Trinajstić information content (AvgIpc) is 2.67. The Bertz CT molecular complexity index is 1060. The Morgan fingerprint density at radius 3 is 2.68 bits per heavy atom. The molecule has 0 bridgehead atoms. The van der Waals surface area contributed by atoms with Crippen molar-refractivity contribution in [1.82, 2.24) is 9.55 Å². The predicted octanol–water partition coefficient (Wildman–Crippen LogP) is 3.14. The second-order valence-electron chi connectivity index (χ2n) is 6.22. The summed E-state index contributed by atoms with van der Waals surface area (Å²) in [4.78, 5) is 29.6. The zero-order chi connectivity index (χ0) is 20.1. The number of aryl methyl sites for hydroxylation is 1. The number of para-hydroxylation sites is 1. The molecule has 0 aliphatic heterocycles. The van der Waals surface area contributed by atoms with E-state index >= 15 is 0 Å². The minimum Gasteiger partial charge on any atom is -0.494 e. The number of benzene rings is 2. The quantitative estimate of drug-likeness (QED) is 0.680. The van der Waals surface area contributed by atoms with E-state index in [4.69, 9.17) is 9.47 Å². The molecule has 0 aliphatic rings. The Morgan fingerprint density at radius 2 is 1.93 bits per heavy atom. The van der Waals surface area contributed by atoms with Crippen LogP contribution in [0, 0.1) is 6.92 Å². The van der Waals surface area contributed by atoms with E-state index < -0.39 is 0 Å². The van der Waals surface area contributed by atoms with Gasteiger partial charge in [0.2, 0.25) is 5.91 Å². The Balaban J connectivity index is 1.84. The molecule has 0 aliphatic carbocycles. The SMILES string of the molecule is CCOc1ccc(OCC)c(NC(=O)Cn2cnc3c(C)cccc3c2=O)c1. The molecule has 0 saturated carbocycles. The molecule has 28 heavy (non-hydrogen) atoms. The number of anilines is 1. The van der Waals surface area contributed by atoms with Gasteiger partial charge in [0.1, 0.15) is 18.0 Å². The van der Waals surface area contributed by atoms with Crippen LogP contribution in [0.5, 0.6) is 11.5 Å². The van der Waals surface area contributed by atoms with Gasteiger partial charge in [-0.1, -0.05) is 12.1 Å². The molecular weight excluding hydrogens is 358 g/mol. The molecule has 0 fully saturated rings. The van der Waals surface area contributed by atoms with E-state index in [2.05, 4.69) is 10.3 Å². The van der Waals surface area contributed by atoms with Crippen LogP contribution in [0.15, 0.2) is 47.5 Å². The fourth-order valence-corrected chi connectivity index (χ4v) is 2.94. The van der Waals surface area contributed by atoms with Crippen molar-refractivity contribution in [2.24, 2.45) is 0 Å². The number of hydrogen-bond acceptors (Lipinski definition) is 5. The molecule has 1 heterocycles. The first-order valence-electron chi connectivity index (χ1n) is 9.17. The molecule has 3 rings (SSSR count). The predicted molar refractivity (Wildman–Crippen MR) is 108 cm³/mol. The largest absolute Gasteiger partial charge is 0.494 e. The number of hydrogen-bond donors (Lipinski definition) is 1. The Kier molecular flexibility index (Phi) is 5.93. The van der Waals surface area contributed by atoms with Gasteiger partial charge in [-0.15, -0.1) is 0 Å². The van der Waals surface area contributed by atoms with E-state index in [0.717, 1.165) is 5.56 Å². The maximum absolute atomic E-state index is 12.7. The van der Waals surface area contributed by atoms with Crippen LogP contribution in [0.3, 0.4) is 0 Å². The molecule has 7 nitrogen and oxygen atoms in total. The van der Waals surface area contributed by atoms with Crippen molar-refractivity contribution in [3.63, 3.8) is 0 Å². The summed E-state index contributed by atoms with van der Waals surface area (Å²) in [6, 6.07) is 10.6. The minimum atomic E-state index is -0.356. The molecule has 0 unspecified atom stereocenters. The van der Waals surface area contributed by atoms with Gasteiger partial charge in [0.15, 0.2) is 0 Å². The summed E-state index contributed by atoms with van der Waals surface area (Å²) >= 11 is 0. The van der Waals surface area contributed by atoms with Crippen LogP contribution < -0.4 is 20.3 Å². The van der Waals surface area contributed by atoms with Crippen molar-refractivity contribution in [1.29, 1.82) is 0 Å². The van der Waals surface area contributed by atoms with Crippen LogP contribution in [0.25, 0.3) is 10.9 Å². The molecule has 7 heteroatoms. The summed E-state index contributed by atoms with van der Waals surface area (Å²) in [5.41, 5.74) is 1.81. The van der Waals surface area contributed by atoms with E-state index in [-0.39, 0.29) is 18.0 Å². The summed E-state index contributed by atoms with van der Waals surface area (Å²) < 4.78 is 12.3. The van der Waals surface area contributed by atoms with Gasteiger partial charge in [-0.2, -0.15) is 0 Å². The van der Waals surface area contributed by atoms with Crippen LogP contribution in [-0.2, 0) is 11.3 Å². The van der Waals surface area contributed by atoms with Gasteiger partial charge in [0.25, 0.3) is 5.56 Å². The van der Waals surface area contributed by atoms with E-state index in [1.807, 2.05) is 26.8 Å². The lowest BCUT2D eigenvalue weighted by molar-refractivity contribution is -0.116. The van der Waals surface area contributed by atoms with E-state index in [9.17, 15) is 9.59 Å². The molecule has 3 aromatic rings. The molecule has 2 aromatic carbocycles. The lowest BCUT2D eigenvalue weighted by Crippen LogP contribution is -2.28. The van der Waals surface area contributed by atoms with Crippen molar-refractivity contribution in [3.8, 4) is 11.5 Å². The zero-order valence-electron chi connectivity index (χ0n) is 16.2. The van der Waals surface area contributed by atoms with Crippen LogP contribution in [0.2, 0.25) is 0 Å². The van der Waals surface area contributed by atoms with Crippen molar-refractivity contribution in [2.75, 3.05) is 18.5 Å². The molecular formula is C21H23N3O4. The summed E-state index contributed by atoms with van der Waals surface area (Å²) in [6.45, 7) is 6.47. The summed E-state index contributed by atoms with van der Waals surface area (Å²) in [6.07, 6.45) is 1.40. The maximum atomic E-state index is 12.7. The fourth-order valence-electron chi connectivity index (χ4n) is 2.94. The molecule has 0 saturated heterocycles. The number of nitrogens with one attached hydrogen (secondary N) is 1. The summed E-state index contributed by atoms with van der Waals surface area (Å²) in [5, 5.41) is 3.29. The first-order valence-corrected chi connectivity index (χ1v) is 9.17. The number of carbonyl (C=O) groups excluding carboxylic acids is 1. The number of aromatic nitrogens is 2. The summed E-state index contributed by atoms with van der Waals surface area (Å²) in [7, 11) is 0. The highest BCUT2D eigenvalue weighted by molar-refractivity contribution is 5.92. The number of fused-ring (bicyclic) bond motifs is 1. The number of ether oxygens (including phenoxy) is 2. The monoisotopic (exact) mass is 381 g/mol. The second kappa shape index (κ2) is 8.56. The van der Waals surface area contributed by atoms with E-state index in [0.29, 0.717) is 41.3 Å². The van der Waals surface area contributed by atoms with Crippen molar-refractivity contribution >= 4 is 22.5 Å². The normalized spacial score (nSPS) is 10.7. The number of carbonyl (C=O) groups is 1. The second-order valence-corrected chi connectivity index (χ2v) is 6.22. The van der Waals surface area contributed by atoms with Gasteiger partial charge in [-0.05, 0) is 44.5 Å². The number of rotatable bonds is 7. The third-order valence-electron chi connectivity index (χ3n) is 4.21. The molecule has 0 atom stereocenters. The molecule has 1 aromatic heterocycles. The van der Waals surface area contributed by atoms with E-state index in [1.165, 1.54) is 10.9 Å². The Labute approximate surface area is 162 Å². The third kappa shape index (κ3) is 4.14. The van der Waals surface area contributed by atoms with Crippen LogP contribution in [-0.4, -0.2) is 28.7 Å². The average molecular weight is 381 g/mol. The highest BCUT2D eigenvalue weighted by Gasteiger charge is 2.13. The first kappa shape index (κ1) is 19.4. The van der Waals surface area contributed by atoms with Crippen molar-refractivity contribution in [2.45, 2.75) is 27.3 Å². The van der Waals surface area contributed by atoms with Gasteiger partial charge in [-0.25, -0.2) is 4.98 Å². The minimum absolute atomic E-state index is 0.153. The number of nitrogens with zero attached hydrogens (tertiary/aromatic N) is 2. The maximum Gasteiger partial charge on any atom is 0.261 e. The van der Waals surface area contributed by atoms with Gasteiger partial charge in [0, 0.05) is 6.07 Å². The fraction of sp³-hybridized carbons (Fsp3) is 0.286. The topological polar surface area (TPSA) is 82.4 Å². The van der Waals surface area contributed by atoms with Crippen LogP contribution in [0.1, 0.15) is 19.4 Å². The molecule has 0 spiro atoms. The Morgan fingerprint density at radius 1 is 1.14 bits per heavy atom. The molecule has 1 N–H and O–H groups in total. The van der Waals surface area contributed by atoms with Crippen molar-refractivity contribution in [3.05, 3.63) is 58.6 Å². The summed E-state index contributed by atoms with van der Waals surface area (Å²) in [5.74, 6) is 0.811. The van der Waals surface area contributed by atoms with Crippen LogP contribution >= 0.6 is 0 Å². The third-order valence-corrected chi connectivity index (χ3v) is 4.21. The molecule has 146 valence electrons. The van der Waals surface area contributed by atoms with Crippen LogP contribution in [0.4, 0.5) is 5.69 Å². The lowest BCUT2D eigenvalue weighted by atomic mass is 10.1. The first-order chi connectivity index (χ1) is 13.5. The van der Waals surface area contributed by atoms with E-state index in [1.54, 1.807) is 30.3 Å². The Hall–Kier alpha value is -3.35. The molecule has 0 radical (unpaired) electrons. The van der Waals surface area contributed by atoms with Crippen molar-refractivity contribution < 1.29 is 14.3 Å². The van der Waals surface area contributed by atoms with Gasteiger partial charge in [-0.3, -0.25) is 14.2 Å². The van der Waals surface area contributed by atoms with Gasteiger partial charge >= 0.3 is 0 Å². The number of amides is 1. The zero-order valence-corrected chi connectivity index (χ0v) is 16.2. The van der Waals surface area contributed by atoms with Gasteiger partial charge < -0.3 is 14.8 Å². The highest BCUT2D eigenvalue weighted by atomic mass is 16.5. The lowest BCUT2D eigenvalue weighted by Gasteiger charge is -2.14. The standard InChI is InChI=1S/C21H23N3O4/c1-4-27-15-9-10-18(28-5-2)17(11-15)23-19(25)12-24-13-22-20-14(3)7-6-8-16(20)21(24)26/h6-11,13H,4-5,12H2,1-3H3,(H,23,25). The highest BCUT2D eigenvalue weighted by Crippen LogP contribution is 2.29.